The number of hydrogen-bond acceptors (Lipinski definition) is 4. The zero-order valence-corrected chi connectivity index (χ0v) is 12.1. The number of rotatable bonds is 6. The summed E-state index contributed by atoms with van der Waals surface area (Å²) in [5.41, 5.74) is 0.807. The molecule has 0 saturated carbocycles. The van der Waals surface area contributed by atoms with Gasteiger partial charge in [0.1, 0.15) is 5.75 Å². The molecule has 0 aromatic heterocycles. The van der Waals surface area contributed by atoms with Crippen LogP contribution < -0.4 is 10.1 Å². The number of carbonyl (C=O) groups is 1. The number of nitrogens with one attached hydrogen (secondary N) is 1. The second-order valence-corrected chi connectivity index (χ2v) is 4.71. The minimum atomic E-state index is -0.625. The summed E-state index contributed by atoms with van der Waals surface area (Å²) < 4.78 is 5.51. The lowest BCUT2D eigenvalue weighted by Crippen LogP contribution is -2.35. The Hall–Kier alpha value is -2.89. The molecule has 0 saturated heterocycles. The van der Waals surface area contributed by atoms with Crippen LogP contribution in [0.4, 0.5) is 5.69 Å². The average molecular weight is 300 g/mol. The topological polar surface area (TPSA) is 81.5 Å². The fraction of sp³-hybridized carbons (Fsp3) is 0.188. The Morgan fingerprint density at radius 2 is 1.82 bits per heavy atom. The van der Waals surface area contributed by atoms with Gasteiger partial charge in [-0.3, -0.25) is 14.9 Å². The normalized spacial score (nSPS) is 11.5. The van der Waals surface area contributed by atoms with Crippen molar-refractivity contribution in [3.05, 3.63) is 70.3 Å². The Kier molecular flexibility index (Phi) is 5.08. The van der Waals surface area contributed by atoms with Gasteiger partial charge >= 0.3 is 0 Å². The van der Waals surface area contributed by atoms with E-state index in [0.717, 1.165) is 5.56 Å². The summed E-state index contributed by atoms with van der Waals surface area (Å²) in [6, 6.07) is 15.1. The van der Waals surface area contributed by atoms with Gasteiger partial charge in [-0.05, 0) is 24.6 Å². The van der Waals surface area contributed by atoms with E-state index in [9.17, 15) is 14.9 Å². The molecule has 0 aliphatic carbocycles. The third-order valence-electron chi connectivity index (χ3n) is 3.04. The summed E-state index contributed by atoms with van der Waals surface area (Å²) in [5.74, 6) is 0.377. The molecule has 2 aromatic carbocycles. The number of carbonyl (C=O) groups excluding carboxylic acids is 1. The molecule has 6 nitrogen and oxygen atoms in total. The van der Waals surface area contributed by atoms with Gasteiger partial charge in [-0.2, -0.15) is 0 Å². The van der Waals surface area contributed by atoms with E-state index in [1.165, 1.54) is 12.1 Å². The van der Waals surface area contributed by atoms with Crippen molar-refractivity contribution in [3.8, 4) is 5.75 Å². The molecule has 1 N–H and O–H groups in total. The van der Waals surface area contributed by atoms with Gasteiger partial charge in [0.05, 0.1) is 4.92 Å². The van der Waals surface area contributed by atoms with Crippen molar-refractivity contribution in [1.29, 1.82) is 0 Å². The number of non-ortho nitro benzene ring substituents is 1. The van der Waals surface area contributed by atoms with Crippen LogP contribution in [0.25, 0.3) is 0 Å². The molecule has 0 aliphatic heterocycles. The zero-order valence-electron chi connectivity index (χ0n) is 12.1. The van der Waals surface area contributed by atoms with E-state index in [4.69, 9.17) is 4.74 Å². The number of nitro benzene ring substituents is 1. The highest BCUT2D eigenvalue weighted by molar-refractivity contribution is 5.80. The maximum atomic E-state index is 12.0. The number of hydrogen-bond donors (Lipinski definition) is 1. The number of nitrogens with zero attached hydrogens (tertiary/aromatic N) is 1. The minimum absolute atomic E-state index is 0.0239. The summed E-state index contributed by atoms with van der Waals surface area (Å²) in [5, 5.41) is 13.3. The molecule has 22 heavy (non-hydrogen) atoms. The molecule has 2 aromatic rings. The first-order chi connectivity index (χ1) is 10.6. The van der Waals surface area contributed by atoms with Crippen LogP contribution in [0.15, 0.2) is 54.6 Å². The van der Waals surface area contributed by atoms with Crippen LogP contribution in [0.1, 0.15) is 12.5 Å². The molecule has 114 valence electrons. The van der Waals surface area contributed by atoms with Gasteiger partial charge in [0.15, 0.2) is 6.10 Å². The first kappa shape index (κ1) is 15.5. The number of ether oxygens (including phenoxy) is 1. The molecule has 0 aliphatic rings. The van der Waals surface area contributed by atoms with Crippen molar-refractivity contribution in [2.45, 2.75) is 19.6 Å². The number of benzene rings is 2. The number of para-hydroxylation sites is 1. The van der Waals surface area contributed by atoms with E-state index in [0.29, 0.717) is 12.3 Å². The van der Waals surface area contributed by atoms with E-state index in [2.05, 4.69) is 5.32 Å². The van der Waals surface area contributed by atoms with E-state index in [1.54, 1.807) is 31.2 Å². The van der Waals surface area contributed by atoms with E-state index >= 15 is 0 Å². The Morgan fingerprint density at radius 3 is 2.41 bits per heavy atom. The van der Waals surface area contributed by atoms with Gasteiger partial charge in [0.2, 0.25) is 0 Å². The Balaban J connectivity index is 1.85. The third kappa shape index (κ3) is 4.31. The summed E-state index contributed by atoms with van der Waals surface area (Å²) >= 11 is 0. The lowest BCUT2D eigenvalue weighted by molar-refractivity contribution is -0.384. The van der Waals surface area contributed by atoms with Crippen LogP contribution in [-0.4, -0.2) is 16.9 Å². The molecule has 1 amide bonds. The molecule has 0 unspecified atom stereocenters. The van der Waals surface area contributed by atoms with Gasteiger partial charge in [0, 0.05) is 18.7 Å². The monoisotopic (exact) mass is 300 g/mol. The number of nitro groups is 1. The maximum Gasteiger partial charge on any atom is 0.269 e. The molecule has 6 heteroatoms. The van der Waals surface area contributed by atoms with Crippen molar-refractivity contribution in [2.24, 2.45) is 0 Å². The Bertz CT molecular complexity index is 641. The minimum Gasteiger partial charge on any atom is -0.481 e. The van der Waals surface area contributed by atoms with Crippen molar-refractivity contribution >= 4 is 11.6 Å². The van der Waals surface area contributed by atoms with Crippen LogP contribution in [0.5, 0.6) is 5.75 Å². The van der Waals surface area contributed by atoms with Gasteiger partial charge in [-0.25, -0.2) is 0 Å². The molecule has 0 fully saturated rings. The smallest absolute Gasteiger partial charge is 0.269 e. The van der Waals surface area contributed by atoms with Crippen LogP contribution >= 0.6 is 0 Å². The predicted octanol–water partition coefficient (Wildman–Crippen LogP) is 2.68. The summed E-state index contributed by atoms with van der Waals surface area (Å²) in [4.78, 5) is 22.1. The first-order valence-corrected chi connectivity index (χ1v) is 6.79. The molecule has 0 radical (unpaired) electrons. The van der Waals surface area contributed by atoms with E-state index in [-0.39, 0.29) is 11.6 Å². The van der Waals surface area contributed by atoms with Crippen molar-refractivity contribution < 1.29 is 14.5 Å². The highest BCUT2D eigenvalue weighted by Crippen LogP contribution is 2.12. The van der Waals surface area contributed by atoms with Gasteiger partial charge in [-0.15, -0.1) is 0 Å². The lowest BCUT2D eigenvalue weighted by atomic mass is 10.2. The highest BCUT2D eigenvalue weighted by Gasteiger charge is 2.14. The Morgan fingerprint density at radius 1 is 1.18 bits per heavy atom. The summed E-state index contributed by atoms with van der Waals surface area (Å²) in [7, 11) is 0. The van der Waals surface area contributed by atoms with Crippen molar-refractivity contribution in [1.82, 2.24) is 5.32 Å². The molecule has 2 rings (SSSR count). The van der Waals surface area contributed by atoms with E-state index in [1.807, 2.05) is 18.2 Å². The zero-order chi connectivity index (χ0) is 15.9. The molecule has 0 bridgehead atoms. The summed E-state index contributed by atoms with van der Waals surface area (Å²) in [6.45, 7) is 1.96. The van der Waals surface area contributed by atoms with Crippen LogP contribution in [0, 0.1) is 10.1 Å². The predicted molar refractivity (Wildman–Crippen MR) is 81.5 cm³/mol. The highest BCUT2D eigenvalue weighted by atomic mass is 16.6. The van der Waals surface area contributed by atoms with Crippen LogP contribution in [0.2, 0.25) is 0 Å². The Labute approximate surface area is 127 Å². The molecule has 0 heterocycles. The second kappa shape index (κ2) is 7.21. The van der Waals surface area contributed by atoms with Crippen molar-refractivity contribution in [2.75, 3.05) is 0 Å². The second-order valence-electron chi connectivity index (χ2n) is 4.71. The van der Waals surface area contributed by atoms with E-state index < -0.39 is 11.0 Å². The quantitative estimate of drug-likeness (QED) is 0.657. The fourth-order valence-corrected chi connectivity index (χ4v) is 1.83. The molecule has 1 atom stereocenters. The fourth-order valence-electron chi connectivity index (χ4n) is 1.83. The molecular formula is C16H16N2O4. The third-order valence-corrected chi connectivity index (χ3v) is 3.04. The standard InChI is InChI=1S/C16H16N2O4/c1-12(22-15-5-3-2-4-6-15)16(19)17-11-13-7-9-14(10-8-13)18(20)21/h2-10,12H,11H2,1H3,(H,17,19)/t12-/m0/s1. The number of amides is 1. The molecule has 0 spiro atoms. The molecular weight excluding hydrogens is 284 g/mol. The largest absolute Gasteiger partial charge is 0.481 e. The first-order valence-electron chi connectivity index (χ1n) is 6.79. The van der Waals surface area contributed by atoms with Gasteiger partial charge in [-0.1, -0.05) is 30.3 Å². The van der Waals surface area contributed by atoms with Crippen molar-refractivity contribution in [3.63, 3.8) is 0 Å². The van der Waals surface area contributed by atoms with Crippen LogP contribution in [-0.2, 0) is 11.3 Å². The maximum absolute atomic E-state index is 12.0. The van der Waals surface area contributed by atoms with Gasteiger partial charge < -0.3 is 10.1 Å². The summed E-state index contributed by atoms with van der Waals surface area (Å²) in [6.07, 6.45) is -0.625. The average Bonchev–Trinajstić information content (AvgIpc) is 2.53. The SMILES string of the molecule is C[C@H](Oc1ccccc1)C(=O)NCc1ccc([N+](=O)[O-])cc1. The van der Waals surface area contributed by atoms with Gasteiger partial charge in [0.25, 0.3) is 11.6 Å². The van der Waals surface area contributed by atoms with Crippen LogP contribution in [0.3, 0.4) is 0 Å². The lowest BCUT2D eigenvalue weighted by Gasteiger charge is -2.14.